The van der Waals surface area contributed by atoms with Crippen LogP contribution < -0.4 is 0 Å². The van der Waals surface area contributed by atoms with E-state index in [9.17, 15) is 0 Å². The molecule has 1 aliphatic carbocycles. The fourth-order valence-electron chi connectivity index (χ4n) is 1.90. The van der Waals surface area contributed by atoms with Gasteiger partial charge in [0.05, 0.1) is 0 Å². The lowest BCUT2D eigenvalue weighted by molar-refractivity contribution is 1.52. The molecule has 0 fully saturated rings. The zero-order chi connectivity index (χ0) is 8.84. The van der Waals surface area contributed by atoms with Crippen molar-refractivity contribution in [2.45, 2.75) is 0 Å². The van der Waals surface area contributed by atoms with Crippen molar-refractivity contribution >= 4 is 35.6 Å². The van der Waals surface area contributed by atoms with E-state index in [1.54, 1.807) is 0 Å². The molecule has 0 atom stereocenters. The monoisotopic (exact) mass is 314 g/mol. The van der Waals surface area contributed by atoms with Gasteiger partial charge in [-0.1, -0.05) is 48.0 Å². The van der Waals surface area contributed by atoms with Crippen LogP contribution in [0.1, 0.15) is 0 Å². The van der Waals surface area contributed by atoms with Gasteiger partial charge in [0.1, 0.15) is 0 Å². The fraction of sp³-hybridized carbons (Fsp3) is 0. The minimum Gasteiger partial charge on any atom is -0.107 e. The summed E-state index contributed by atoms with van der Waals surface area (Å²) >= 11 is 6.09. The van der Waals surface area contributed by atoms with Crippen LogP contribution in [0.25, 0.3) is 22.3 Å². The highest BCUT2D eigenvalue weighted by atomic mass is 127. The van der Waals surface area contributed by atoms with Gasteiger partial charge in [0.2, 0.25) is 0 Å². The van der Waals surface area contributed by atoms with Gasteiger partial charge < -0.3 is 0 Å². The van der Waals surface area contributed by atoms with Gasteiger partial charge in [-0.15, -0.1) is 24.0 Å². The first-order valence-corrected chi connectivity index (χ1v) is 4.64. The first kappa shape index (κ1) is 9.99. The van der Waals surface area contributed by atoms with Crippen LogP contribution in [-0.2, 0) is 0 Å². The number of hydrogen-bond donors (Lipinski definition) is 0. The van der Waals surface area contributed by atoms with E-state index >= 15 is 0 Å². The van der Waals surface area contributed by atoms with Gasteiger partial charge in [0.15, 0.2) is 0 Å². The van der Waals surface area contributed by atoms with E-state index in [4.69, 9.17) is 11.6 Å². The lowest BCUT2D eigenvalue weighted by atomic mass is 9.81. The molecule has 0 amide bonds. The minimum absolute atomic E-state index is 0. The number of benzene rings is 2. The van der Waals surface area contributed by atoms with Crippen molar-refractivity contribution in [1.82, 2.24) is 0 Å². The zero-order valence-corrected chi connectivity index (χ0v) is 10.4. The third kappa shape index (κ3) is 1.19. The first-order valence-electron chi connectivity index (χ1n) is 4.26. The standard InChI is InChI=1S/C12H7Cl.HI/c13-11-7-3-6-10-8-4-1-2-5-9(8)12(10)11;/h1-7H;1H. The summed E-state index contributed by atoms with van der Waals surface area (Å²) in [7, 11) is 0. The van der Waals surface area contributed by atoms with E-state index in [0.717, 1.165) is 5.02 Å². The van der Waals surface area contributed by atoms with E-state index in [1.807, 2.05) is 18.2 Å². The van der Waals surface area contributed by atoms with E-state index in [2.05, 4.69) is 24.3 Å². The topological polar surface area (TPSA) is 0 Å². The van der Waals surface area contributed by atoms with Crippen LogP contribution in [0, 0.1) is 0 Å². The Morgan fingerprint density at radius 2 is 1.36 bits per heavy atom. The summed E-state index contributed by atoms with van der Waals surface area (Å²) in [6.07, 6.45) is 0. The maximum absolute atomic E-state index is 6.09. The third-order valence-corrected chi connectivity index (χ3v) is 2.82. The second-order valence-electron chi connectivity index (χ2n) is 3.21. The quantitative estimate of drug-likeness (QED) is 0.532. The highest BCUT2D eigenvalue weighted by Gasteiger charge is 2.23. The first-order chi connectivity index (χ1) is 6.38. The summed E-state index contributed by atoms with van der Waals surface area (Å²) in [5, 5.41) is 0.858. The maximum atomic E-state index is 6.09. The second kappa shape index (κ2) is 3.55. The molecule has 70 valence electrons. The van der Waals surface area contributed by atoms with Crippen LogP contribution in [0.4, 0.5) is 0 Å². The SMILES string of the molecule is Clc1cccc2c1-c1ccccc1-2.I. The molecule has 3 rings (SSSR count). The van der Waals surface area contributed by atoms with Crippen LogP contribution in [0.2, 0.25) is 5.02 Å². The average Bonchev–Trinajstić information content (AvgIpc) is 2.14. The Bertz CT molecular complexity index is 491. The zero-order valence-electron chi connectivity index (χ0n) is 7.33. The number of hydrogen-bond acceptors (Lipinski definition) is 0. The van der Waals surface area contributed by atoms with E-state index in [0.29, 0.717) is 0 Å². The molecule has 0 N–H and O–H groups in total. The van der Waals surface area contributed by atoms with Crippen LogP contribution >= 0.6 is 35.6 Å². The molecule has 0 saturated heterocycles. The fourth-order valence-corrected chi connectivity index (χ4v) is 2.17. The maximum Gasteiger partial charge on any atom is 0.0490 e. The molecule has 0 aromatic heterocycles. The Kier molecular flexibility index (Phi) is 2.54. The summed E-state index contributed by atoms with van der Waals surface area (Å²) in [5.41, 5.74) is 5.09. The van der Waals surface area contributed by atoms with Gasteiger partial charge >= 0.3 is 0 Å². The van der Waals surface area contributed by atoms with E-state index in [-0.39, 0.29) is 24.0 Å². The predicted molar refractivity (Wildman–Crippen MR) is 71.3 cm³/mol. The molecule has 1 aliphatic rings. The summed E-state index contributed by atoms with van der Waals surface area (Å²) < 4.78 is 0. The molecule has 14 heavy (non-hydrogen) atoms. The number of halogens is 2. The molecule has 0 spiro atoms. The molecule has 2 aromatic carbocycles. The molecule has 2 aromatic rings. The van der Waals surface area contributed by atoms with E-state index in [1.165, 1.54) is 22.3 Å². The summed E-state index contributed by atoms with van der Waals surface area (Å²) in [6, 6.07) is 14.4. The Morgan fingerprint density at radius 3 is 2.14 bits per heavy atom. The van der Waals surface area contributed by atoms with Crippen molar-refractivity contribution in [3.63, 3.8) is 0 Å². The Hall–Kier alpha value is -0.540. The van der Waals surface area contributed by atoms with E-state index < -0.39 is 0 Å². The van der Waals surface area contributed by atoms with Gasteiger partial charge in [-0.05, 0) is 22.8 Å². The summed E-state index contributed by atoms with van der Waals surface area (Å²) in [5.74, 6) is 0. The molecule has 0 radical (unpaired) electrons. The van der Waals surface area contributed by atoms with Crippen molar-refractivity contribution in [3.8, 4) is 22.3 Å². The highest BCUT2D eigenvalue weighted by molar-refractivity contribution is 14.0. The van der Waals surface area contributed by atoms with Gasteiger partial charge in [0.25, 0.3) is 0 Å². The van der Waals surface area contributed by atoms with Gasteiger partial charge in [-0.25, -0.2) is 0 Å². The van der Waals surface area contributed by atoms with Crippen molar-refractivity contribution in [3.05, 3.63) is 47.5 Å². The van der Waals surface area contributed by atoms with Crippen LogP contribution in [-0.4, -0.2) is 0 Å². The van der Waals surface area contributed by atoms with Gasteiger partial charge in [0, 0.05) is 10.6 Å². The van der Waals surface area contributed by atoms with Gasteiger partial charge in [-0.3, -0.25) is 0 Å². The van der Waals surface area contributed by atoms with Crippen molar-refractivity contribution in [2.75, 3.05) is 0 Å². The summed E-state index contributed by atoms with van der Waals surface area (Å²) in [4.78, 5) is 0. The lowest BCUT2D eigenvalue weighted by Crippen LogP contribution is -1.98. The number of rotatable bonds is 0. The van der Waals surface area contributed by atoms with Crippen LogP contribution in [0.3, 0.4) is 0 Å². The summed E-state index contributed by atoms with van der Waals surface area (Å²) in [6.45, 7) is 0. The molecule has 2 heteroatoms. The largest absolute Gasteiger partial charge is 0.107 e. The number of fused-ring (bicyclic) bond motifs is 4. The molecule has 0 aliphatic heterocycles. The average molecular weight is 315 g/mol. The molecule has 0 bridgehead atoms. The molecule has 0 saturated carbocycles. The smallest absolute Gasteiger partial charge is 0.0490 e. The minimum atomic E-state index is 0. The molecule has 0 unspecified atom stereocenters. The highest BCUT2D eigenvalue weighted by Crippen LogP contribution is 2.49. The van der Waals surface area contributed by atoms with Crippen molar-refractivity contribution < 1.29 is 0 Å². The van der Waals surface area contributed by atoms with Crippen molar-refractivity contribution in [1.29, 1.82) is 0 Å². The predicted octanol–water partition coefficient (Wildman–Crippen LogP) is 4.61. The Morgan fingerprint density at radius 1 is 0.714 bits per heavy atom. The van der Waals surface area contributed by atoms with Crippen molar-refractivity contribution in [2.24, 2.45) is 0 Å². The normalized spacial score (nSPS) is 10.6. The second-order valence-corrected chi connectivity index (χ2v) is 3.62. The van der Waals surface area contributed by atoms with Crippen LogP contribution in [0.5, 0.6) is 0 Å². The Balaban J connectivity index is 0.000000750. The third-order valence-electron chi connectivity index (χ3n) is 2.50. The van der Waals surface area contributed by atoms with Gasteiger partial charge in [-0.2, -0.15) is 0 Å². The molecule has 0 heterocycles. The lowest BCUT2D eigenvalue weighted by Gasteiger charge is -2.24. The molecular weight excluding hydrogens is 306 g/mol. The molecule has 0 nitrogen and oxygen atoms in total. The molecular formula is C12H8ClI. The Labute approximate surface area is 105 Å². The van der Waals surface area contributed by atoms with Crippen LogP contribution in [0.15, 0.2) is 42.5 Å².